The van der Waals surface area contributed by atoms with E-state index in [1.165, 1.54) is 10.8 Å². The van der Waals surface area contributed by atoms with Crippen LogP contribution < -0.4 is 10.9 Å². The molecule has 0 fully saturated rings. The van der Waals surface area contributed by atoms with E-state index in [4.69, 9.17) is 11.6 Å². The number of hydrogen-bond acceptors (Lipinski definition) is 3. The highest BCUT2D eigenvalue weighted by Crippen LogP contribution is 2.29. The molecule has 156 valence electrons. The maximum Gasteiger partial charge on any atom is 0.295 e. The Morgan fingerprint density at radius 2 is 1.74 bits per heavy atom. The molecule has 2 heterocycles. The highest BCUT2D eigenvalue weighted by molar-refractivity contribution is 7.16. The molecule has 0 aliphatic heterocycles. The highest BCUT2D eigenvalue weighted by Gasteiger charge is 2.17. The Hall–Kier alpha value is -3.35. The second kappa shape index (κ2) is 8.79. The van der Waals surface area contributed by atoms with Crippen LogP contribution in [-0.4, -0.2) is 15.3 Å². The van der Waals surface area contributed by atoms with Gasteiger partial charge in [0.2, 0.25) is 5.91 Å². The number of rotatable bonds is 5. The number of para-hydroxylation sites is 1. The molecule has 0 aliphatic carbocycles. The summed E-state index contributed by atoms with van der Waals surface area (Å²) in [6, 6.07) is 20.9. The van der Waals surface area contributed by atoms with Gasteiger partial charge in [-0.25, -0.2) is 4.68 Å². The summed E-state index contributed by atoms with van der Waals surface area (Å²) in [4.78, 5) is 27.4. The number of amides is 1. The van der Waals surface area contributed by atoms with E-state index >= 15 is 0 Å². The summed E-state index contributed by atoms with van der Waals surface area (Å²) in [6.45, 7) is 1.80. The summed E-state index contributed by atoms with van der Waals surface area (Å²) in [5.41, 5.74) is 2.49. The number of aromatic nitrogens is 2. The Morgan fingerprint density at radius 1 is 1.03 bits per heavy atom. The number of carbonyl (C=O) groups is 1. The molecule has 0 bridgehead atoms. The summed E-state index contributed by atoms with van der Waals surface area (Å²) < 4.78 is 3.26. The van der Waals surface area contributed by atoms with Crippen molar-refractivity contribution in [2.24, 2.45) is 7.05 Å². The molecule has 4 rings (SSSR count). The Balaban J connectivity index is 1.51. The van der Waals surface area contributed by atoms with Gasteiger partial charge in [-0.05, 0) is 55.0 Å². The normalized spacial score (nSPS) is 11.2. The van der Waals surface area contributed by atoms with Crippen LogP contribution in [0.15, 0.2) is 77.6 Å². The van der Waals surface area contributed by atoms with Gasteiger partial charge in [0.25, 0.3) is 5.56 Å². The molecule has 0 radical (unpaired) electrons. The van der Waals surface area contributed by atoms with E-state index < -0.39 is 0 Å². The van der Waals surface area contributed by atoms with Crippen LogP contribution in [0, 0.1) is 6.92 Å². The Bertz CT molecular complexity index is 1320. The lowest BCUT2D eigenvalue weighted by molar-refractivity contribution is -0.111. The molecule has 7 heteroatoms. The van der Waals surface area contributed by atoms with Gasteiger partial charge >= 0.3 is 0 Å². The zero-order valence-corrected chi connectivity index (χ0v) is 18.6. The predicted molar refractivity (Wildman–Crippen MR) is 128 cm³/mol. The molecular formula is C24H20ClN3O2S. The molecule has 4 aromatic rings. The first kappa shape index (κ1) is 20.9. The van der Waals surface area contributed by atoms with E-state index in [1.807, 2.05) is 66.7 Å². The number of thiophene rings is 1. The fourth-order valence-corrected chi connectivity index (χ4v) is 4.29. The van der Waals surface area contributed by atoms with Gasteiger partial charge in [-0.2, -0.15) is 0 Å². The third-order valence-electron chi connectivity index (χ3n) is 4.96. The smallest absolute Gasteiger partial charge is 0.295 e. The van der Waals surface area contributed by atoms with Crippen molar-refractivity contribution in [2.75, 3.05) is 5.32 Å². The van der Waals surface area contributed by atoms with Gasteiger partial charge in [-0.1, -0.05) is 41.9 Å². The van der Waals surface area contributed by atoms with Gasteiger partial charge in [0.1, 0.15) is 5.69 Å². The van der Waals surface area contributed by atoms with Crippen LogP contribution in [0.3, 0.4) is 0 Å². The molecule has 5 nitrogen and oxygen atoms in total. The largest absolute Gasteiger partial charge is 0.316 e. The SMILES string of the molecule is Cc1c(NC(=O)C=Cc2ccc(-c3ccc(Cl)cc3)s2)c(=O)n(-c2ccccc2)n1C. The summed E-state index contributed by atoms with van der Waals surface area (Å²) >= 11 is 7.52. The average molecular weight is 450 g/mol. The average Bonchev–Trinajstić information content (AvgIpc) is 3.33. The second-order valence-corrected chi connectivity index (χ2v) is 8.52. The zero-order valence-electron chi connectivity index (χ0n) is 17.0. The number of anilines is 1. The van der Waals surface area contributed by atoms with Gasteiger partial charge in [-0.15, -0.1) is 11.3 Å². The third kappa shape index (κ3) is 4.40. The van der Waals surface area contributed by atoms with E-state index in [0.717, 1.165) is 21.0 Å². The van der Waals surface area contributed by atoms with Gasteiger partial charge in [0.05, 0.1) is 11.4 Å². The van der Waals surface area contributed by atoms with Crippen molar-refractivity contribution in [3.63, 3.8) is 0 Å². The van der Waals surface area contributed by atoms with Crippen molar-refractivity contribution in [3.8, 4) is 16.1 Å². The van der Waals surface area contributed by atoms with Crippen LogP contribution in [0.25, 0.3) is 22.2 Å². The molecule has 0 spiro atoms. The first-order valence-corrected chi connectivity index (χ1v) is 10.8. The molecule has 2 aromatic heterocycles. The maximum absolute atomic E-state index is 12.9. The van der Waals surface area contributed by atoms with Crippen LogP contribution in [0.1, 0.15) is 10.6 Å². The maximum atomic E-state index is 12.9. The number of nitrogens with zero attached hydrogens (tertiary/aromatic N) is 2. The highest BCUT2D eigenvalue weighted by atomic mass is 35.5. The van der Waals surface area contributed by atoms with Crippen molar-refractivity contribution in [3.05, 3.63) is 98.8 Å². The van der Waals surface area contributed by atoms with Crippen molar-refractivity contribution < 1.29 is 4.79 Å². The van der Waals surface area contributed by atoms with Gasteiger partial charge in [0.15, 0.2) is 0 Å². The monoisotopic (exact) mass is 449 g/mol. The van der Waals surface area contributed by atoms with Crippen LogP contribution in [-0.2, 0) is 11.8 Å². The zero-order chi connectivity index (χ0) is 22.0. The quantitative estimate of drug-likeness (QED) is 0.408. The summed E-state index contributed by atoms with van der Waals surface area (Å²) in [5.74, 6) is -0.354. The summed E-state index contributed by atoms with van der Waals surface area (Å²) in [5, 5.41) is 3.43. The molecule has 31 heavy (non-hydrogen) atoms. The lowest BCUT2D eigenvalue weighted by Crippen LogP contribution is -2.22. The van der Waals surface area contributed by atoms with E-state index in [1.54, 1.807) is 36.1 Å². The van der Waals surface area contributed by atoms with Gasteiger partial charge in [0, 0.05) is 27.9 Å². The molecular weight excluding hydrogens is 430 g/mol. The number of benzene rings is 2. The van der Waals surface area contributed by atoms with Crippen molar-refractivity contribution >= 4 is 40.6 Å². The van der Waals surface area contributed by atoms with E-state index in [0.29, 0.717) is 10.7 Å². The fourth-order valence-electron chi connectivity index (χ4n) is 3.25. The number of nitrogens with one attached hydrogen (secondary N) is 1. The standard InChI is InChI=1S/C24H20ClN3O2S/c1-16-23(24(30)28(27(16)2)19-6-4-3-5-7-19)26-22(29)15-13-20-12-14-21(31-20)17-8-10-18(25)11-9-17/h3-15H,1-2H3,(H,26,29). The minimum atomic E-state index is -0.354. The Morgan fingerprint density at radius 3 is 2.45 bits per heavy atom. The van der Waals surface area contributed by atoms with E-state index in [9.17, 15) is 9.59 Å². The predicted octanol–water partition coefficient (Wildman–Crippen LogP) is 5.52. The number of hydrogen-bond donors (Lipinski definition) is 1. The summed E-state index contributed by atoms with van der Waals surface area (Å²) in [6.07, 6.45) is 3.18. The van der Waals surface area contributed by atoms with E-state index in [2.05, 4.69) is 5.32 Å². The van der Waals surface area contributed by atoms with Crippen LogP contribution in [0.5, 0.6) is 0 Å². The number of carbonyl (C=O) groups excluding carboxylic acids is 1. The first-order valence-electron chi connectivity index (χ1n) is 9.63. The van der Waals surface area contributed by atoms with Crippen molar-refractivity contribution in [1.29, 1.82) is 0 Å². The molecule has 0 aliphatic rings. The van der Waals surface area contributed by atoms with E-state index in [-0.39, 0.29) is 17.2 Å². The summed E-state index contributed by atoms with van der Waals surface area (Å²) in [7, 11) is 1.79. The van der Waals surface area contributed by atoms with Crippen molar-refractivity contribution in [2.45, 2.75) is 6.92 Å². The second-order valence-electron chi connectivity index (χ2n) is 6.97. The van der Waals surface area contributed by atoms with Crippen LogP contribution in [0.4, 0.5) is 5.69 Å². The van der Waals surface area contributed by atoms with Crippen LogP contribution in [0.2, 0.25) is 5.02 Å². The molecule has 0 saturated heterocycles. The molecule has 2 aromatic carbocycles. The minimum absolute atomic E-state index is 0.269. The Labute approximate surface area is 188 Å². The fraction of sp³-hybridized carbons (Fsp3) is 0.0833. The first-order chi connectivity index (χ1) is 14.9. The lowest BCUT2D eigenvalue weighted by Gasteiger charge is -2.07. The lowest BCUT2D eigenvalue weighted by atomic mass is 10.2. The number of halogens is 1. The Kier molecular flexibility index (Phi) is 5.93. The molecule has 0 saturated carbocycles. The topological polar surface area (TPSA) is 56.0 Å². The molecule has 0 unspecified atom stereocenters. The third-order valence-corrected chi connectivity index (χ3v) is 6.31. The molecule has 1 amide bonds. The molecule has 1 N–H and O–H groups in total. The van der Waals surface area contributed by atoms with Gasteiger partial charge < -0.3 is 5.32 Å². The van der Waals surface area contributed by atoms with Gasteiger partial charge in [-0.3, -0.25) is 14.3 Å². The van der Waals surface area contributed by atoms with Crippen LogP contribution >= 0.6 is 22.9 Å². The van der Waals surface area contributed by atoms with Crippen molar-refractivity contribution in [1.82, 2.24) is 9.36 Å². The minimum Gasteiger partial charge on any atom is -0.316 e. The molecule has 0 atom stereocenters.